The Kier molecular flexibility index (Phi) is 4.17. The fourth-order valence-electron chi connectivity index (χ4n) is 3.87. The van der Waals surface area contributed by atoms with Crippen molar-refractivity contribution in [3.63, 3.8) is 0 Å². The summed E-state index contributed by atoms with van der Waals surface area (Å²) >= 11 is 0. The highest BCUT2D eigenvalue weighted by Gasteiger charge is 2.25. The first kappa shape index (κ1) is 16.1. The number of para-hydroxylation sites is 1. The van der Waals surface area contributed by atoms with E-state index in [-0.39, 0.29) is 11.5 Å². The number of likely N-dealkylation sites (N-methyl/N-ethyl adjacent to an activating group) is 1. The Bertz CT molecular complexity index is 959. The maximum atomic E-state index is 13.3. The van der Waals surface area contributed by atoms with Gasteiger partial charge in [0.15, 0.2) is 0 Å². The number of nitrogens with zero attached hydrogens (tertiary/aromatic N) is 2. The Morgan fingerprint density at radius 1 is 1.28 bits per heavy atom. The summed E-state index contributed by atoms with van der Waals surface area (Å²) in [6.45, 7) is 1.64. The van der Waals surface area contributed by atoms with Gasteiger partial charge in [-0.3, -0.25) is 4.57 Å². The first-order chi connectivity index (χ1) is 12.1. The van der Waals surface area contributed by atoms with Gasteiger partial charge in [-0.15, -0.1) is 0 Å². The van der Waals surface area contributed by atoms with Crippen LogP contribution in [-0.2, 0) is 19.4 Å². The minimum atomic E-state index is -0.175. The largest absolute Gasteiger partial charge is 0.326 e. The van der Waals surface area contributed by atoms with E-state index in [9.17, 15) is 9.18 Å². The van der Waals surface area contributed by atoms with Gasteiger partial charge in [0, 0.05) is 12.6 Å². The zero-order valence-corrected chi connectivity index (χ0v) is 14.3. The highest BCUT2D eigenvalue weighted by atomic mass is 19.1. The number of halogens is 1. The molecule has 0 saturated carbocycles. The second-order valence-corrected chi connectivity index (χ2v) is 6.93. The number of aromatic amines is 1. The molecule has 1 aliphatic heterocycles. The van der Waals surface area contributed by atoms with Gasteiger partial charge in [0.1, 0.15) is 5.82 Å². The van der Waals surface area contributed by atoms with Gasteiger partial charge < -0.3 is 9.88 Å². The van der Waals surface area contributed by atoms with Crippen LogP contribution < -0.4 is 5.69 Å². The monoisotopic (exact) mass is 339 g/mol. The Morgan fingerprint density at radius 3 is 2.96 bits per heavy atom. The number of hydrogen-bond donors (Lipinski definition) is 1. The Labute approximate surface area is 145 Å². The van der Waals surface area contributed by atoms with Crippen LogP contribution in [-0.4, -0.2) is 34.1 Å². The molecule has 4 nitrogen and oxygen atoms in total. The van der Waals surface area contributed by atoms with E-state index < -0.39 is 0 Å². The molecule has 130 valence electrons. The average Bonchev–Trinajstić information content (AvgIpc) is 2.92. The van der Waals surface area contributed by atoms with Crippen molar-refractivity contribution in [2.24, 2.45) is 0 Å². The normalized spacial score (nSPS) is 16.7. The first-order valence-corrected chi connectivity index (χ1v) is 8.77. The molecule has 0 radical (unpaired) electrons. The predicted molar refractivity (Wildman–Crippen MR) is 97.4 cm³/mol. The molecule has 0 saturated heterocycles. The lowest BCUT2D eigenvalue weighted by Crippen LogP contribution is -2.42. The number of aromatic nitrogens is 2. The maximum Gasteiger partial charge on any atom is 0.326 e. The summed E-state index contributed by atoms with van der Waals surface area (Å²) in [6.07, 6.45) is 2.78. The lowest BCUT2D eigenvalue weighted by molar-refractivity contribution is 0.211. The van der Waals surface area contributed by atoms with Gasteiger partial charge >= 0.3 is 5.69 Å². The van der Waals surface area contributed by atoms with Gasteiger partial charge in [-0.2, -0.15) is 0 Å². The molecule has 0 bridgehead atoms. The number of imidazole rings is 1. The van der Waals surface area contributed by atoms with Crippen LogP contribution in [0.2, 0.25) is 0 Å². The summed E-state index contributed by atoms with van der Waals surface area (Å²) in [6, 6.07) is 13.2. The summed E-state index contributed by atoms with van der Waals surface area (Å²) in [5.74, 6) is -0.175. The van der Waals surface area contributed by atoms with Crippen molar-refractivity contribution in [2.75, 3.05) is 13.6 Å². The van der Waals surface area contributed by atoms with Crippen molar-refractivity contribution in [3.05, 3.63) is 69.9 Å². The Balaban J connectivity index is 1.43. The topological polar surface area (TPSA) is 41.0 Å². The van der Waals surface area contributed by atoms with Crippen molar-refractivity contribution in [1.29, 1.82) is 0 Å². The van der Waals surface area contributed by atoms with E-state index in [2.05, 4.69) is 23.0 Å². The van der Waals surface area contributed by atoms with E-state index in [0.29, 0.717) is 12.6 Å². The summed E-state index contributed by atoms with van der Waals surface area (Å²) in [5.41, 5.74) is 4.21. The Hall–Kier alpha value is -2.40. The van der Waals surface area contributed by atoms with Gasteiger partial charge in [-0.05, 0) is 62.2 Å². The predicted octanol–water partition coefficient (Wildman–Crippen LogP) is 2.96. The number of nitrogens with one attached hydrogen (secondary N) is 1. The number of hydrogen-bond acceptors (Lipinski definition) is 2. The van der Waals surface area contributed by atoms with Crippen LogP contribution >= 0.6 is 0 Å². The van der Waals surface area contributed by atoms with Gasteiger partial charge in [-0.1, -0.05) is 24.3 Å². The third kappa shape index (κ3) is 3.12. The third-order valence-corrected chi connectivity index (χ3v) is 5.21. The minimum Gasteiger partial charge on any atom is -0.306 e. The summed E-state index contributed by atoms with van der Waals surface area (Å²) in [7, 11) is 2.11. The van der Waals surface area contributed by atoms with Crippen LogP contribution in [0.15, 0.2) is 47.3 Å². The van der Waals surface area contributed by atoms with E-state index in [1.165, 1.54) is 11.6 Å². The fourth-order valence-corrected chi connectivity index (χ4v) is 3.87. The van der Waals surface area contributed by atoms with E-state index in [4.69, 9.17) is 0 Å². The molecule has 0 spiro atoms. The molecule has 2 aromatic carbocycles. The second-order valence-electron chi connectivity index (χ2n) is 6.93. The second kappa shape index (κ2) is 6.48. The van der Waals surface area contributed by atoms with Crippen LogP contribution in [0.25, 0.3) is 11.0 Å². The quantitative estimate of drug-likeness (QED) is 0.776. The van der Waals surface area contributed by atoms with Gasteiger partial charge in [0.05, 0.1) is 11.0 Å². The molecular weight excluding hydrogens is 317 g/mol. The standard InChI is InChI=1S/C20H22FN3O/c1-23(10-4-6-14-5-2-8-16(21)11-14)17-12-15-7-3-9-18-19(15)24(13-17)20(25)22-18/h2-3,5,7-9,11,17H,4,6,10,12-13H2,1H3,(H,22,25)/t17-/m1/s1. The van der Waals surface area contributed by atoms with Crippen LogP contribution in [0, 0.1) is 5.82 Å². The first-order valence-electron chi connectivity index (χ1n) is 8.77. The highest BCUT2D eigenvalue weighted by Crippen LogP contribution is 2.24. The third-order valence-electron chi connectivity index (χ3n) is 5.21. The van der Waals surface area contributed by atoms with Gasteiger partial charge in [0.25, 0.3) is 0 Å². The molecule has 4 rings (SSSR count). The molecule has 3 aromatic rings. The molecule has 0 aliphatic carbocycles. The van der Waals surface area contributed by atoms with Gasteiger partial charge in [0.2, 0.25) is 0 Å². The van der Waals surface area contributed by atoms with Crippen molar-refractivity contribution in [3.8, 4) is 0 Å². The van der Waals surface area contributed by atoms with Crippen molar-refractivity contribution in [1.82, 2.24) is 14.5 Å². The van der Waals surface area contributed by atoms with Crippen LogP contribution in [0.3, 0.4) is 0 Å². The lowest BCUT2D eigenvalue weighted by Gasteiger charge is -2.31. The van der Waals surface area contributed by atoms with Crippen molar-refractivity contribution >= 4 is 11.0 Å². The molecule has 0 amide bonds. The van der Waals surface area contributed by atoms with E-state index in [1.54, 1.807) is 12.1 Å². The molecular formula is C20H22FN3O. The number of rotatable bonds is 5. The summed E-state index contributed by atoms with van der Waals surface area (Å²) in [5, 5.41) is 0. The van der Waals surface area contributed by atoms with Crippen LogP contribution in [0.4, 0.5) is 4.39 Å². The number of benzene rings is 2. The maximum absolute atomic E-state index is 13.3. The Morgan fingerprint density at radius 2 is 2.12 bits per heavy atom. The highest BCUT2D eigenvalue weighted by molar-refractivity contribution is 5.79. The van der Waals surface area contributed by atoms with E-state index >= 15 is 0 Å². The zero-order valence-electron chi connectivity index (χ0n) is 14.3. The average molecular weight is 339 g/mol. The van der Waals surface area contributed by atoms with Crippen molar-refractivity contribution < 1.29 is 4.39 Å². The van der Waals surface area contributed by atoms with Crippen molar-refractivity contribution in [2.45, 2.75) is 31.8 Å². The molecule has 0 fully saturated rings. The van der Waals surface area contributed by atoms with E-state index in [1.807, 2.05) is 22.8 Å². The number of aryl methyl sites for hydroxylation is 1. The number of H-pyrrole nitrogens is 1. The molecule has 1 atom stereocenters. The molecule has 1 aliphatic rings. The summed E-state index contributed by atoms with van der Waals surface area (Å²) in [4.78, 5) is 17.5. The smallest absolute Gasteiger partial charge is 0.306 e. The molecule has 1 N–H and O–H groups in total. The zero-order chi connectivity index (χ0) is 17.4. The molecule has 2 heterocycles. The minimum absolute atomic E-state index is 0.0275. The SMILES string of the molecule is CN(CCCc1cccc(F)c1)[C@@H]1Cc2cccc3[nH]c(=O)n(c23)C1. The van der Waals surface area contributed by atoms with Gasteiger partial charge in [-0.25, -0.2) is 9.18 Å². The fraction of sp³-hybridized carbons (Fsp3) is 0.350. The van der Waals surface area contributed by atoms with E-state index in [0.717, 1.165) is 42.4 Å². The molecule has 1 aromatic heterocycles. The lowest BCUT2D eigenvalue weighted by atomic mass is 9.99. The molecule has 25 heavy (non-hydrogen) atoms. The summed E-state index contributed by atoms with van der Waals surface area (Å²) < 4.78 is 15.1. The van der Waals surface area contributed by atoms with Crippen LogP contribution in [0.1, 0.15) is 17.5 Å². The molecule has 0 unspecified atom stereocenters. The van der Waals surface area contributed by atoms with Crippen LogP contribution in [0.5, 0.6) is 0 Å². The molecule has 5 heteroatoms.